The van der Waals surface area contributed by atoms with E-state index in [-0.39, 0.29) is 5.97 Å². The first-order valence-electron chi connectivity index (χ1n) is 4.39. The van der Waals surface area contributed by atoms with Crippen LogP contribution in [0.2, 0.25) is 0 Å². The van der Waals surface area contributed by atoms with E-state index in [4.69, 9.17) is 5.73 Å². The van der Waals surface area contributed by atoms with Crippen LogP contribution in [0.1, 0.15) is 26.7 Å². The van der Waals surface area contributed by atoms with Gasteiger partial charge in [-0.15, -0.1) is 0 Å². The van der Waals surface area contributed by atoms with Gasteiger partial charge in [0.15, 0.2) is 0 Å². The van der Waals surface area contributed by atoms with Gasteiger partial charge in [0.05, 0.1) is 7.11 Å². The highest BCUT2D eigenvalue weighted by Crippen LogP contribution is 2.41. The molecule has 1 aliphatic carbocycles. The summed E-state index contributed by atoms with van der Waals surface area (Å²) in [4.78, 5) is 11.3. The molecule has 0 unspecified atom stereocenters. The van der Waals surface area contributed by atoms with E-state index < -0.39 is 5.54 Å². The summed E-state index contributed by atoms with van der Waals surface area (Å²) in [6.45, 7) is 4.18. The standard InChI is InChI=1S/C9H17NO2/c1-6(2)7-4-5-9(7,10)8(11)12-3/h6-7H,4-5,10H2,1-3H3/t7-,9-/m1/s1. The molecule has 2 atom stereocenters. The van der Waals surface area contributed by atoms with E-state index >= 15 is 0 Å². The average molecular weight is 171 g/mol. The smallest absolute Gasteiger partial charge is 0.326 e. The molecule has 0 amide bonds. The quantitative estimate of drug-likeness (QED) is 0.629. The second kappa shape index (κ2) is 3.05. The average Bonchev–Trinajstić information content (AvgIpc) is 1.98. The summed E-state index contributed by atoms with van der Waals surface area (Å²) in [6.07, 6.45) is 1.81. The molecule has 0 radical (unpaired) electrons. The highest BCUT2D eigenvalue weighted by molar-refractivity contribution is 5.82. The number of rotatable bonds is 2. The van der Waals surface area contributed by atoms with Crippen LogP contribution < -0.4 is 5.73 Å². The lowest BCUT2D eigenvalue weighted by Gasteiger charge is -2.46. The van der Waals surface area contributed by atoms with Crippen LogP contribution >= 0.6 is 0 Å². The van der Waals surface area contributed by atoms with Gasteiger partial charge >= 0.3 is 5.97 Å². The summed E-state index contributed by atoms with van der Waals surface area (Å²) < 4.78 is 4.67. The van der Waals surface area contributed by atoms with Gasteiger partial charge in [-0.3, -0.25) is 4.79 Å². The Morgan fingerprint density at radius 1 is 1.67 bits per heavy atom. The topological polar surface area (TPSA) is 52.3 Å². The number of carbonyl (C=O) groups excluding carboxylic acids is 1. The Balaban J connectivity index is 2.66. The molecule has 0 heterocycles. The molecule has 3 nitrogen and oxygen atoms in total. The fourth-order valence-corrected chi connectivity index (χ4v) is 1.99. The van der Waals surface area contributed by atoms with Crippen LogP contribution in [0.5, 0.6) is 0 Å². The highest BCUT2D eigenvalue weighted by atomic mass is 16.5. The molecular formula is C9H17NO2. The molecule has 0 bridgehead atoms. The summed E-state index contributed by atoms with van der Waals surface area (Å²) in [5, 5.41) is 0. The predicted molar refractivity (Wildman–Crippen MR) is 46.5 cm³/mol. The summed E-state index contributed by atoms with van der Waals surface area (Å²) in [5.74, 6) is 0.500. The minimum Gasteiger partial charge on any atom is -0.468 e. The van der Waals surface area contributed by atoms with Crippen molar-refractivity contribution in [3.8, 4) is 0 Å². The minimum atomic E-state index is -0.692. The van der Waals surface area contributed by atoms with Crippen LogP contribution in [0.25, 0.3) is 0 Å². The summed E-state index contributed by atoms with van der Waals surface area (Å²) >= 11 is 0. The molecule has 1 saturated carbocycles. The summed E-state index contributed by atoms with van der Waals surface area (Å²) in [5.41, 5.74) is 5.24. The fraction of sp³-hybridized carbons (Fsp3) is 0.889. The van der Waals surface area contributed by atoms with Crippen molar-refractivity contribution in [1.82, 2.24) is 0 Å². The third-order valence-corrected chi connectivity index (χ3v) is 2.90. The minimum absolute atomic E-state index is 0.257. The molecule has 70 valence electrons. The third-order valence-electron chi connectivity index (χ3n) is 2.90. The van der Waals surface area contributed by atoms with Crippen molar-refractivity contribution in [2.45, 2.75) is 32.2 Å². The van der Waals surface area contributed by atoms with Crippen molar-refractivity contribution in [3.63, 3.8) is 0 Å². The maximum atomic E-state index is 11.3. The molecule has 1 aliphatic rings. The third kappa shape index (κ3) is 1.22. The lowest BCUT2D eigenvalue weighted by Crippen LogP contribution is -2.62. The molecule has 0 aliphatic heterocycles. The van der Waals surface area contributed by atoms with Gasteiger partial charge in [0, 0.05) is 0 Å². The Morgan fingerprint density at radius 2 is 2.25 bits per heavy atom. The Labute approximate surface area is 73.3 Å². The second-order valence-electron chi connectivity index (χ2n) is 3.92. The number of methoxy groups -OCH3 is 1. The molecule has 0 saturated heterocycles. The first kappa shape index (κ1) is 9.52. The first-order valence-corrected chi connectivity index (χ1v) is 4.39. The van der Waals surface area contributed by atoms with E-state index in [9.17, 15) is 4.79 Å². The summed E-state index contributed by atoms with van der Waals surface area (Å²) in [7, 11) is 1.40. The maximum absolute atomic E-state index is 11.3. The lowest BCUT2D eigenvalue weighted by atomic mass is 9.62. The van der Waals surface area contributed by atoms with Crippen molar-refractivity contribution in [2.24, 2.45) is 17.6 Å². The molecule has 0 aromatic heterocycles. The fourth-order valence-electron chi connectivity index (χ4n) is 1.99. The number of esters is 1. The monoisotopic (exact) mass is 171 g/mol. The van der Waals surface area contributed by atoms with Crippen LogP contribution in [0.15, 0.2) is 0 Å². The van der Waals surface area contributed by atoms with Gasteiger partial charge in [0.25, 0.3) is 0 Å². The van der Waals surface area contributed by atoms with Gasteiger partial charge in [0.1, 0.15) is 5.54 Å². The predicted octanol–water partition coefficient (Wildman–Crippen LogP) is 0.923. The number of hydrogen-bond acceptors (Lipinski definition) is 3. The van der Waals surface area contributed by atoms with Gasteiger partial charge in [0.2, 0.25) is 0 Å². The van der Waals surface area contributed by atoms with E-state index in [1.54, 1.807) is 0 Å². The van der Waals surface area contributed by atoms with Crippen molar-refractivity contribution >= 4 is 5.97 Å². The summed E-state index contributed by atoms with van der Waals surface area (Å²) in [6, 6.07) is 0. The van der Waals surface area contributed by atoms with E-state index in [0.717, 1.165) is 12.8 Å². The zero-order valence-corrected chi connectivity index (χ0v) is 7.96. The zero-order valence-electron chi connectivity index (χ0n) is 7.96. The molecular weight excluding hydrogens is 154 g/mol. The Kier molecular flexibility index (Phi) is 2.42. The van der Waals surface area contributed by atoms with Gasteiger partial charge in [-0.05, 0) is 24.7 Å². The van der Waals surface area contributed by atoms with Crippen LogP contribution in [-0.2, 0) is 9.53 Å². The SMILES string of the molecule is COC(=O)[C@@]1(N)CC[C@@H]1C(C)C. The number of hydrogen-bond donors (Lipinski definition) is 1. The number of ether oxygens (including phenoxy) is 1. The van der Waals surface area contributed by atoms with Gasteiger partial charge in [-0.1, -0.05) is 13.8 Å². The first-order chi connectivity index (χ1) is 5.52. The molecule has 2 N–H and O–H groups in total. The lowest BCUT2D eigenvalue weighted by molar-refractivity contribution is -0.155. The molecule has 12 heavy (non-hydrogen) atoms. The number of carbonyl (C=O) groups is 1. The van der Waals surface area contributed by atoms with E-state index in [1.807, 2.05) is 0 Å². The number of nitrogens with two attached hydrogens (primary N) is 1. The van der Waals surface area contributed by atoms with Crippen LogP contribution in [0.4, 0.5) is 0 Å². The van der Waals surface area contributed by atoms with E-state index in [1.165, 1.54) is 7.11 Å². The molecule has 0 aromatic rings. The molecule has 0 aromatic carbocycles. The van der Waals surface area contributed by atoms with Crippen LogP contribution in [0.3, 0.4) is 0 Å². The largest absolute Gasteiger partial charge is 0.468 e. The van der Waals surface area contributed by atoms with Crippen molar-refractivity contribution < 1.29 is 9.53 Å². The molecule has 1 rings (SSSR count). The molecule has 0 spiro atoms. The molecule has 3 heteroatoms. The van der Waals surface area contributed by atoms with Gasteiger partial charge < -0.3 is 10.5 Å². The van der Waals surface area contributed by atoms with Crippen LogP contribution in [0, 0.1) is 11.8 Å². The van der Waals surface area contributed by atoms with E-state index in [0.29, 0.717) is 11.8 Å². The normalized spacial score (nSPS) is 34.6. The van der Waals surface area contributed by atoms with Crippen molar-refractivity contribution in [3.05, 3.63) is 0 Å². The Bertz CT molecular complexity index is 191. The highest BCUT2D eigenvalue weighted by Gasteiger charge is 2.51. The van der Waals surface area contributed by atoms with Gasteiger partial charge in [-0.25, -0.2) is 0 Å². The zero-order chi connectivity index (χ0) is 9.35. The van der Waals surface area contributed by atoms with Crippen molar-refractivity contribution in [1.29, 1.82) is 0 Å². The van der Waals surface area contributed by atoms with E-state index in [2.05, 4.69) is 18.6 Å². The van der Waals surface area contributed by atoms with Gasteiger partial charge in [-0.2, -0.15) is 0 Å². The van der Waals surface area contributed by atoms with Crippen molar-refractivity contribution in [2.75, 3.05) is 7.11 Å². The Morgan fingerprint density at radius 3 is 2.50 bits per heavy atom. The maximum Gasteiger partial charge on any atom is 0.326 e. The Hall–Kier alpha value is -0.570. The molecule has 1 fully saturated rings. The van der Waals surface area contributed by atoms with Crippen LogP contribution in [-0.4, -0.2) is 18.6 Å². The second-order valence-corrected chi connectivity index (χ2v) is 3.92.